The van der Waals surface area contributed by atoms with Gasteiger partial charge in [-0.1, -0.05) is 6.92 Å². The Morgan fingerprint density at radius 1 is 1.50 bits per heavy atom. The van der Waals surface area contributed by atoms with E-state index in [2.05, 4.69) is 13.8 Å². The molecule has 2 rings (SSSR count). The minimum atomic E-state index is -0.453. The van der Waals surface area contributed by atoms with Gasteiger partial charge in [0.2, 0.25) is 0 Å². The van der Waals surface area contributed by atoms with Crippen molar-refractivity contribution in [2.24, 2.45) is 0 Å². The van der Waals surface area contributed by atoms with Gasteiger partial charge in [-0.2, -0.15) is 11.8 Å². The van der Waals surface area contributed by atoms with Gasteiger partial charge in [0.25, 0.3) is 0 Å². The number of hydrogen-bond acceptors (Lipinski definition) is 2. The van der Waals surface area contributed by atoms with Crippen molar-refractivity contribution in [3.63, 3.8) is 0 Å². The average molecular weight is 176 g/mol. The van der Waals surface area contributed by atoms with E-state index < -0.39 is 10.8 Å². The molecule has 1 nitrogen and oxygen atoms in total. The fraction of sp³-hybridized carbons (Fsp3) is 1.00. The van der Waals surface area contributed by atoms with Crippen LogP contribution in [0.2, 0.25) is 0 Å². The standard InChI is InChI=1S/C7H12OS2/c1-4-6(9-4)3-7-5(2)10(7)8/h4-7H,3H2,1-2H3. The lowest BCUT2D eigenvalue weighted by Crippen LogP contribution is -1.97. The first-order valence-electron chi connectivity index (χ1n) is 3.75. The molecule has 0 saturated carbocycles. The van der Waals surface area contributed by atoms with Gasteiger partial charge in [0.05, 0.1) is 5.25 Å². The van der Waals surface area contributed by atoms with Crippen molar-refractivity contribution >= 4 is 22.6 Å². The van der Waals surface area contributed by atoms with Crippen LogP contribution in [0.15, 0.2) is 0 Å². The molecule has 2 saturated heterocycles. The van der Waals surface area contributed by atoms with Gasteiger partial charge in [0.15, 0.2) is 0 Å². The SMILES string of the molecule is CC1SC1CC1C(C)S1=O. The van der Waals surface area contributed by atoms with E-state index in [0.717, 1.165) is 10.5 Å². The highest BCUT2D eigenvalue weighted by atomic mass is 32.2. The molecule has 0 aromatic heterocycles. The van der Waals surface area contributed by atoms with Gasteiger partial charge in [-0.05, 0) is 13.3 Å². The summed E-state index contributed by atoms with van der Waals surface area (Å²) < 4.78 is 11.0. The molecule has 58 valence electrons. The van der Waals surface area contributed by atoms with Crippen molar-refractivity contribution in [2.45, 2.75) is 41.3 Å². The van der Waals surface area contributed by atoms with Crippen molar-refractivity contribution in [1.29, 1.82) is 0 Å². The van der Waals surface area contributed by atoms with Crippen molar-refractivity contribution in [1.82, 2.24) is 0 Å². The third-order valence-electron chi connectivity index (χ3n) is 2.41. The summed E-state index contributed by atoms with van der Waals surface area (Å²) in [7, 11) is -0.453. The monoisotopic (exact) mass is 176 g/mol. The topological polar surface area (TPSA) is 17.1 Å². The van der Waals surface area contributed by atoms with Gasteiger partial charge in [0.1, 0.15) is 0 Å². The van der Waals surface area contributed by atoms with E-state index in [4.69, 9.17) is 0 Å². The first-order valence-corrected chi connectivity index (χ1v) is 5.97. The Labute approximate surface area is 68.4 Å². The summed E-state index contributed by atoms with van der Waals surface area (Å²) in [4.78, 5) is 0. The van der Waals surface area contributed by atoms with E-state index >= 15 is 0 Å². The predicted octanol–water partition coefficient (Wildman–Crippen LogP) is 1.40. The van der Waals surface area contributed by atoms with E-state index in [-0.39, 0.29) is 0 Å². The minimum Gasteiger partial charge on any atom is -0.259 e. The van der Waals surface area contributed by atoms with Crippen molar-refractivity contribution in [3.8, 4) is 0 Å². The fourth-order valence-electron chi connectivity index (χ4n) is 1.34. The Hall–Kier alpha value is 0.500. The van der Waals surface area contributed by atoms with Gasteiger partial charge in [-0.3, -0.25) is 4.21 Å². The van der Waals surface area contributed by atoms with Crippen LogP contribution in [0.4, 0.5) is 0 Å². The molecule has 2 aliphatic rings. The first-order chi connectivity index (χ1) is 4.70. The molecule has 0 spiro atoms. The molecule has 10 heavy (non-hydrogen) atoms. The maximum atomic E-state index is 11.0. The van der Waals surface area contributed by atoms with Crippen molar-refractivity contribution in [3.05, 3.63) is 0 Å². The summed E-state index contributed by atoms with van der Waals surface area (Å²) in [5.41, 5.74) is 0. The predicted molar refractivity (Wildman–Crippen MR) is 46.9 cm³/mol. The fourth-order valence-corrected chi connectivity index (χ4v) is 3.69. The molecule has 0 bridgehead atoms. The van der Waals surface area contributed by atoms with Crippen LogP contribution in [0.25, 0.3) is 0 Å². The molecule has 0 N–H and O–H groups in total. The minimum absolute atomic E-state index is 0.453. The summed E-state index contributed by atoms with van der Waals surface area (Å²) >= 11 is 2.03. The Balaban J connectivity index is 1.78. The van der Waals surface area contributed by atoms with Crippen LogP contribution in [-0.2, 0) is 10.8 Å². The van der Waals surface area contributed by atoms with E-state index in [1.807, 2.05) is 11.8 Å². The van der Waals surface area contributed by atoms with E-state index in [1.165, 1.54) is 6.42 Å². The third kappa shape index (κ3) is 1.14. The molecule has 0 aliphatic carbocycles. The van der Waals surface area contributed by atoms with Crippen LogP contribution in [0.3, 0.4) is 0 Å². The Bertz CT molecular complexity index is 180. The molecule has 5 atom stereocenters. The number of rotatable bonds is 2. The number of hydrogen-bond donors (Lipinski definition) is 0. The average Bonchev–Trinajstić information content (AvgIpc) is 2.70. The van der Waals surface area contributed by atoms with Crippen LogP contribution in [0.1, 0.15) is 20.3 Å². The van der Waals surface area contributed by atoms with Gasteiger partial charge in [0, 0.05) is 26.5 Å². The van der Waals surface area contributed by atoms with E-state index in [0.29, 0.717) is 10.5 Å². The van der Waals surface area contributed by atoms with E-state index in [9.17, 15) is 4.21 Å². The van der Waals surface area contributed by atoms with Gasteiger partial charge in [-0.25, -0.2) is 0 Å². The van der Waals surface area contributed by atoms with Gasteiger partial charge < -0.3 is 0 Å². The second-order valence-electron chi connectivity index (χ2n) is 3.19. The van der Waals surface area contributed by atoms with E-state index in [1.54, 1.807) is 0 Å². The smallest absolute Gasteiger partial charge is 0.0503 e. The zero-order valence-electron chi connectivity index (χ0n) is 6.24. The quantitative estimate of drug-likeness (QED) is 0.592. The van der Waals surface area contributed by atoms with Crippen molar-refractivity contribution < 1.29 is 4.21 Å². The maximum Gasteiger partial charge on any atom is 0.0503 e. The van der Waals surface area contributed by atoms with Crippen LogP contribution in [-0.4, -0.2) is 25.2 Å². The lowest BCUT2D eigenvalue weighted by atomic mass is 10.2. The molecule has 5 unspecified atom stereocenters. The highest BCUT2D eigenvalue weighted by Crippen LogP contribution is 2.47. The Morgan fingerprint density at radius 3 is 2.30 bits per heavy atom. The summed E-state index contributed by atoms with van der Waals surface area (Å²) in [6.45, 7) is 4.35. The van der Waals surface area contributed by atoms with Crippen molar-refractivity contribution in [2.75, 3.05) is 0 Å². The summed E-state index contributed by atoms with van der Waals surface area (Å²) in [6, 6.07) is 0. The molecule has 0 radical (unpaired) electrons. The summed E-state index contributed by atoms with van der Waals surface area (Å²) in [5, 5.41) is 2.76. The molecule has 0 aromatic carbocycles. The highest BCUT2D eigenvalue weighted by molar-refractivity contribution is 8.07. The third-order valence-corrected chi connectivity index (χ3v) is 5.75. The summed E-state index contributed by atoms with van der Waals surface area (Å²) in [6.07, 6.45) is 1.21. The molecule has 0 aromatic rings. The summed E-state index contributed by atoms with van der Waals surface area (Å²) in [5.74, 6) is 0. The molecule has 2 fully saturated rings. The van der Waals surface area contributed by atoms with Gasteiger partial charge in [-0.15, -0.1) is 0 Å². The lowest BCUT2D eigenvalue weighted by Gasteiger charge is -1.87. The second-order valence-corrected chi connectivity index (χ2v) is 6.81. The highest BCUT2D eigenvalue weighted by Gasteiger charge is 2.48. The molecule has 2 aliphatic heterocycles. The molecule has 0 amide bonds. The largest absolute Gasteiger partial charge is 0.259 e. The van der Waals surface area contributed by atoms with Crippen LogP contribution < -0.4 is 0 Å². The van der Waals surface area contributed by atoms with Crippen LogP contribution >= 0.6 is 11.8 Å². The van der Waals surface area contributed by atoms with Crippen LogP contribution in [0, 0.1) is 0 Å². The Kier molecular flexibility index (Phi) is 1.61. The first kappa shape index (κ1) is 7.17. The van der Waals surface area contributed by atoms with Crippen LogP contribution in [0.5, 0.6) is 0 Å². The normalized spacial score (nSPS) is 58.4. The molecular weight excluding hydrogens is 164 g/mol. The second kappa shape index (κ2) is 2.24. The van der Waals surface area contributed by atoms with Gasteiger partial charge >= 0.3 is 0 Å². The molecular formula is C7H12OS2. The zero-order chi connectivity index (χ0) is 7.30. The zero-order valence-corrected chi connectivity index (χ0v) is 7.87. The molecule has 2 heterocycles. The maximum absolute atomic E-state index is 11.0. The number of thioether (sulfide) groups is 1. The lowest BCUT2D eigenvalue weighted by molar-refractivity contribution is 0.691. The Morgan fingerprint density at radius 2 is 2.00 bits per heavy atom. The molecule has 3 heteroatoms.